The van der Waals surface area contributed by atoms with Gasteiger partial charge in [0.2, 0.25) is 17.7 Å². The molecule has 31 heavy (non-hydrogen) atoms. The van der Waals surface area contributed by atoms with Crippen molar-refractivity contribution in [2.45, 2.75) is 63.1 Å². The van der Waals surface area contributed by atoms with Crippen LogP contribution >= 0.6 is 11.8 Å². The number of carboxylic acids is 1. The highest BCUT2D eigenvalue weighted by atomic mass is 32.2. The molecule has 0 radical (unpaired) electrons. The number of nitrogens with two attached hydrogens (primary N) is 3. The van der Waals surface area contributed by atoms with Gasteiger partial charge in [-0.15, -0.1) is 0 Å². The standard InChI is InChI=1S/C19H38N6O5S/c1-31-11-8-14(18(28)25-15(19(29)30)7-3-5-10-21)24-17(27)13(6-2-4-9-20)23-16(26)12-22/h13-15H,2-12,20-22H2,1H3,(H,23,26)(H,24,27)(H,25,28)(H,29,30). The number of nitrogens with one attached hydrogen (secondary N) is 3. The van der Waals surface area contributed by atoms with E-state index in [0.717, 1.165) is 0 Å². The van der Waals surface area contributed by atoms with Gasteiger partial charge < -0.3 is 38.3 Å². The highest BCUT2D eigenvalue weighted by Gasteiger charge is 2.29. The molecule has 0 aliphatic rings. The molecule has 0 aromatic heterocycles. The maximum Gasteiger partial charge on any atom is 0.326 e. The van der Waals surface area contributed by atoms with Crippen LogP contribution in [0.4, 0.5) is 0 Å². The number of amides is 3. The number of thioether (sulfide) groups is 1. The largest absolute Gasteiger partial charge is 0.480 e. The molecule has 0 saturated heterocycles. The van der Waals surface area contributed by atoms with E-state index in [9.17, 15) is 24.3 Å². The third-order valence-electron chi connectivity index (χ3n) is 4.59. The predicted molar refractivity (Wildman–Crippen MR) is 121 cm³/mol. The van der Waals surface area contributed by atoms with Gasteiger partial charge in [0.1, 0.15) is 18.1 Å². The van der Waals surface area contributed by atoms with Crippen molar-refractivity contribution in [3.05, 3.63) is 0 Å². The Balaban J connectivity index is 5.21. The van der Waals surface area contributed by atoms with Crippen LogP contribution < -0.4 is 33.2 Å². The van der Waals surface area contributed by atoms with Crippen molar-refractivity contribution in [1.82, 2.24) is 16.0 Å². The number of hydrogen-bond donors (Lipinski definition) is 7. The van der Waals surface area contributed by atoms with E-state index in [4.69, 9.17) is 17.2 Å². The Morgan fingerprint density at radius 3 is 1.71 bits per heavy atom. The summed E-state index contributed by atoms with van der Waals surface area (Å²) in [5.74, 6) is -2.14. The number of carbonyl (C=O) groups is 4. The maximum atomic E-state index is 12.8. The Morgan fingerprint density at radius 2 is 1.26 bits per heavy atom. The molecule has 0 spiro atoms. The molecule has 0 fully saturated rings. The van der Waals surface area contributed by atoms with Crippen LogP contribution in [0.15, 0.2) is 0 Å². The third-order valence-corrected chi connectivity index (χ3v) is 5.23. The van der Waals surface area contributed by atoms with Crippen molar-refractivity contribution in [3.63, 3.8) is 0 Å². The van der Waals surface area contributed by atoms with Crippen molar-refractivity contribution < 1.29 is 24.3 Å². The number of aliphatic carboxylic acids is 1. The zero-order chi connectivity index (χ0) is 23.6. The summed E-state index contributed by atoms with van der Waals surface area (Å²) in [5, 5.41) is 17.1. The minimum Gasteiger partial charge on any atom is -0.480 e. The molecule has 0 aromatic carbocycles. The second-order valence-electron chi connectivity index (χ2n) is 7.14. The minimum atomic E-state index is -1.14. The van der Waals surface area contributed by atoms with Crippen LogP contribution in [0.25, 0.3) is 0 Å². The van der Waals surface area contributed by atoms with E-state index in [1.807, 2.05) is 6.26 Å². The van der Waals surface area contributed by atoms with Crippen molar-refractivity contribution in [2.75, 3.05) is 31.6 Å². The molecule has 0 aliphatic heterocycles. The molecule has 12 heteroatoms. The molecule has 0 bridgehead atoms. The van der Waals surface area contributed by atoms with Crippen LogP contribution in [0.3, 0.4) is 0 Å². The van der Waals surface area contributed by atoms with Crippen molar-refractivity contribution in [3.8, 4) is 0 Å². The lowest BCUT2D eigenvalue weighted by atomic mass is 10.1. The Labute approximate surface area is 188 Å². The SMILES string of the molecule is CSCCC(NC(=O)C(CCCCN)NC(=O)CN)C(=O)NC(CCCCN)C(=O)O. The smallest absolute Gasteiger partial charge is 0.326 e. The highest BCUT2D eigenvalue weighted by Crippen LogP contribution is 2.07. The van der Waals surface area contributed by atoms with Gasteiger partial charge in [-0.05, 0) is 70.0 Å². The predicted octanol–water partition coefficient (Wildman–Crippen LogP) is -1.50. The number of hydrogen-bond acceptors (Lipinski definition) is 8. The van der Waals surface area contributed by atoms with Gasteiger partial charge in [0.25, 0.3) is 0 Å². The first kappa shape index (κ1) is 29.1. The molecule has 0 saturated carbocycles. The number of carbonyl (C=O) groups excluding carboxylic acids is 3. The zero-order valence-electron chi connectivity index (χ0n) is 18.2. The van der Waals surface area contributed by atoms with Gasteiger partial charge >= 0.3 is 5.97 Å². The van der Waals surface area contributed by atoms with Gasteiger partial charge in [0.05, 0.1) is 6.54 Å². The molecule has 3 unspecified atom stereocenters. The fraction of sp³-hybridized carbons (Fsp3) is 0.789. The molecule has 0 aromatic rings. The van der Waals surface area contributed by atoms with Crippen LogP contribution in [-0.4, -0.2) is 78.6 Å². The Bertz CT molecular complexity index is 566. The van der Waals surface area contributed by atoms with E-state index >= 15 is 0 Å². The highest BCUT2D eigenvalue weighted by molar-refractivity contribution is 7.98. The number of carboxylic acid groups (broad SMARTS) is 1. The molecular weight excluding hydrogens is 424 g/mol. The van der Waals surface area contributed by atoms with E-state index in [-0.39, 0.29) is 13.0 Å². The van der Waals surface area contributed by atoms with Gasteiger partial charge in [-0.25, -0.2) is 4.79 Å². The lowest BCUT2D eigenvalue weighted by molar-refractivity contribution is -0.142. The number of rotatable bonds is 18. The lowest BCUT2D eigenvalue weighted by Gasteiger charge is -2.24. The molecule has 0 rings (SSSR count). The summed E-state index contributed by atoms with van der Waals surface area (Å²) in [6.45, 7) is 0.631. The monoisotopic (exact) mass is 462 g/mol. The average molecular weight is 463 g/mol. The normalized spacial score (nSPS) is 13.7. The fourth-order valence-electron chi connectivity index (χ4n) is 2.81. The summed E-state index contributed by atoms with van der Waals surface area (Å²) in [6.07, 6.45) is 5.28. The second-order valence-corrected chi connectivity index (χ2v) is 8.12. The van der Waals surface area contributed by atoms with Crippen LogP contribution in [-0.2, 0) is 19.2 Å². The van der Waals surface area contributed by atoms with Gasteiger partial charge in [0, 0.05) is 0 Å². The third kappa shape index (κ3) is 13.2. The van der Waals surface area contributed by atoms with E-state index in [1.54, 1.807) is 0 Å². The first-order valence-electron chi connectivity index (χ1n) is 10.5. The van der Waals surface area contributed by atoms with E-state index in [1.165, 1.54) is 11.8 Å². The maximum absolute atomic E-state index is 12.8. The molecule has 11 nitrogen and oxygen atoms in total. The molecule has 10 N–H and O–H groups in total. The second kappa shape index (κ2) is 17.8. The average Bonchev–Trinajstić information content (AvgIpc) is 2.74. The van der Waals surface area contributed by atoms with Crippen LogP contribution in [0.5, 0.6) is 0 Å². The van der Waals surface area contributed by atoms with Gasteiger partial charge in [-0.1, -0.05) is 0 Å². The van der Waals surface area contributed by atoms with Crippen LogP contribution in [0, 0.1) is 0 Å². The van der Waals surface area contributed by atoms with Gasteiger partial charge in [-0.2, -0.15) is 11.8 Å². The summed E-state index contributed by atoms with van der Waals surface area (Å²) in [7, 11) is 0. The topological polar surface area (TPSA) is 203 Å². The molecule has 3 amide bonds. The number of unbranched alkanes of at least 4 members (excludes halogenated alkanes) is 2. The van der Waals surface area contributed by atoms with Gasteiger partial charge in [0.15, 0.2) is 0 Å². The Morgan fingerprint density at radius 1 is 0.774 bits per heavy atom. The van der Waals surface area contributed by atoms with Crippen LogP contribution in [0.1, 0.15) is 44.9 Å². The first-order chi connectivity index (χ1) is 14.8. The molecular formula is C19H38N6O5S. The molecule has 0 aliphatic carbocycles. The summed E-state index contributed by atoms with van der Waals surface area (Å²) in [5.41, 5.74) is 16.3. The fourth-order valence-corrected chi connectivity index (χ4v) is 3.29. The van der Waals surface area contributed by atoms with E-state index in [0.29, 0.717) is 57.4 Å². The van der Waals surface area contributed by atoms with Crippen molar-refractivity contribution in [1.29, 1.82) is 0 Å². The summed E-state index contributed by atoms with van der Waals surface area (Å²) < 4.78 is 0. The minimum absolute atomic E-state index is 0.246. The molecule has 3 atom stereocenters. The Hall–Kier alpha value is -1.89. The summed E-state index contributed by atoms with van der Waals surface area (Å²) in [6, 6.07) is -2.85. The Kier molecular flexibility index (Phi) is 16.7. The first-order valence-corrected chi connectivity index (χ1v) is 11.9. The summed E-state index contributed by atoms with van der Waals surface area (Å²) >= 11 is 1.49. The quantitative estimate of drug-likeness (QED) is 0.118. The van der Waals surface area contributed by atoms with Gasteiger partial charge in [-0.3, -0.25) is 14.4 Å². The molecule has 180 valence electrons. The van der Waals surface area contributed by atoms with E-state index in [2.05, 4.69) is 16.0 Å². The summed E-state index contributed by atoms with van der Waals surface area (Å²) in [4.78, 5) is 48.7. The lowest BCUT2D eigenvalue weighted by Crippen LogP contribution is -2.56. The van der Waals surface area contributed by atoms with Crippen LogP contribution in [0.2, 0.25) is 0 Å². The van der Waals surface area contributed by atoms with Crippen molar-refractivity contribution in [2.24, 2.45) is 17.2 Å². The van der Waals surface area contributed by atoms with E-state index < -0.39 is 41.8 Å². The van der Waals surface area contributed by atoms with Crippen molar-refractivity contribution >= 4 is 35.5 Å². The zero-order valence-corrected chi connectivity index (χ0v) is 19.0. The molecule has 0 heterocycles.